The molecule has 6 nitrogen and oxygen atoms in total. The molecule has 2 aromatic carbocycles. The van der Waals surface area contributed by atoms with Crippen molar-refractivity contribution >= 4 is 40.5 Å². The van der Waals surface area contributed by atoms with Gasteiger partial charge in [-0.25, -0.2) is 4.99 Å². The van der Waals surface area contributed by atoms with E-state index in [4.69, 9.17) is 10.5 Å². The highest BCUT2D eigenvalue weighted by Crippen LogP contribution is 2.34. The lowest BCUT2D eigenvalue weighted by molar-refractivity contribution is -0.122. The zero-order valence-electron chi connectivity index (χ0n) is 15.7. The summed E-state index contributed by atoms with van der Waals surface area (Å²) in [7, 11) is 0. The van der Waals surface area contributed by atoms with E-state index in [1.807, 2.05) is 44.2 Å². The first-order valence-corrected chi connectivity index (χ1v) is 9.66. The van der Waals surface area contributed by atoms with E-state index in [0.29, 0.717) is 22.4 Å². The quantitative estimate of drug-likeness (QED) is 0.759. The van der Waals surface area contributed by atoms with Crippen LogP contribution in [0.1, 0.15) is 18.1 Å². The van der Waals surface area contributed by atoms with Gasteiger partial charge in [0.1, 0.15) is 5.75 Å². The molecule has 1 aliphatic rings. The van der Waals surface area contributed by atoms with E-state index in [0.717, 1.165) is 16.8 Å². The van der Waals surface area contributed by atoms with Crippen LogP contribution in [0, 0.1) is 6.92 Å². The van der Waals surface area contributed by atoms with Crippen molar-refractivity contribution in [2.75, 3.05) is 13.2 Å². The maximum atomic E-state index is 12.8. The van der Waals surface area contributed by atoms with Crippen LogP contribution in [-0.2, 0) is 9.59 Å². The highest BCUT2D eigenvalue weighted by Gasteiger charge is 2.32. The van der Waals surface area contributed by atoms with Gasteiger partial charge in [-0.1, -0.05) is 29.8 Å². The first kappa shape index (κ1) is 19.7. The van der Waals surface area contributed by atoms with Crippen molar-refractivity contribution in [3.8, 4) is 5.75 Å². The van der Waals surface area contributed by atoms with E-state index in [9.17, 15) is 9.59 Å². The van der Waals surface area contributed by atoms with Crippen molar-refractivity contribution in [2.24, 2.45) is 10.7 Å². The molecule has 0 unspecified atom stereocenters. The van der Waals surface area contributed by atoms with Gasteiger partial charge < -0.3 is 10.5 Å². The molecule has 28 heavy (non-hydrogen) atoms. The van der Waals surface area contributed by atoms with Crippen LogP contribution < -0.4 is 10.5 Å². The molecule has 1 fully saturated rings. The second kappa shape index (κ2) is 8.75. The van der Waals surface area contributed by atoms with E-state index in [1.54, 1.807) is 29.2 Å². The lowest BCUT2D eigenvalue weighted by Gasteiger charge is -2.12. The summed E-state index contributed by atoms with van der Waals surface area (Å²) in [5.41, 5.74) is 7.87. The van der Waals surface area contributed by atoms with Crippen LogP contribution in [0.4, 0.5) is 5.69 Å². The summed E-state index contributed by atoms with van der Waals surface area (Å²) < 4.78 is 5.32. The highest BCUT2D eigenvalue weighted by molar-refractivity contribution is 8.18. The summed E-state index contributed by atoms with van der Waals surface area (Å²) in [6, 6.07) is 15.0. The molecule has 0 aromatic heterocycles. The maximum Gasteiger partial charge on any atom is 0.266 e. The monoisotopic (exact) mass is 395 g/mol. The van der Waals surface area contributed by atoms with Gasteiger partial charge in [0, 0.05) is 6.54 Å². The number of hydrogen-bond donors (Lipinski definition) is 1. The van der Waals surface area contributed by atoms with E-state index in [-0.39, 0.29) is 12.5 Å². The minimum Gasteiger partial charge on any atom is -0.484 e. The number of thioether (sulfide) groups is 1. The molecular weight excluding hydrogens is 374 g/mol. The number of amidine groups is 1. The molecule has 0 bridgehead atoms. The molecule has 0 radical (unpaired) electrons. The van der Waals surface area contributed by atoms with Crippen LogP contribution in [-0.4, -0.2) is 35.0 Å². The molecule has 0 atom stereocenters. The zero-order valence-corrected chi connectivity index (χ0v) is 16.5. The van der Waals surface area contributed by atoms with Crippen molar-refractivity contribution in [3.63, 3.8) is 0 Å². The number of hydrogen-bond acceptors (Lipinski definition) is 5. The molecule has 2 amide bonds. The highest BCUT2D eigenvalue weighted by atomic mass is 32.2. The summed E-state index contributed by atoms with van der Waals surface area (Å²) in [5, 5.41) is 0.656. The van der Waals surface area contributed by atoms with Crippen LogP contribution in [0.15, 0.2) is 58.4 Å². The van der Waals surface area contributed by atoms with E-state index < -0.39 is 5.91 Å². The van der Waals surface area contributed by atoms with Crippen LogP contribution in [0.5, 0.6) is 5.75 Å². The Morgan fingerprint density at radius 3 is 2.68 bits per heavy atom. The molecule has 1 heterocycles. The van der Waals surface area contributed by atoms with Crippen LogP contribution >= 0.6 is 11.8 Å². The van der Waals surface area contributed by atoms with Gasteiger partial charge in [0.2, 0.25) is 0 Å². The minimum atomic E-state index is -0.541. The van der Waals surface area contributed by atoms with Crippen molar-refractivity contribution in [1.82, 2.24) is 4.90 Å². The number of aliphatic imine (C=N–C) groups is 1. The summed E-state index contributed by atoms with van der Waals surface area (Å²) in [6.07, 6.45) is 1.80. The average Bonchev–Trinajstić information content (AvgIpc) is 2.96. The number of carbonyl (C=O) groups excluding carboxylic acids is 2. The van der Waals surface area contributed by atoms with Gasteiger partial charge in [-0.05, 0) is 61.5 Å². The first-order valence-electron chi connectivity index (χ1n) is 8.84. The Morgan fingerprint density at radius 1 is 1.25 bits per heavy atom. The Kier molecular flexibility index (Phi) is 6.16. The van der Waals surface area contributed by atoms with Crippen molar-refractivity contribution in [2.45, 2.75) is 13.8 Å². The summed E-state index contributed by atoms with van der Waals surface area (Å²) in [4.78, 5) is 30.5. The molecule has 2 N–H and O–H groups in total. The van der Waals surface area contributed by atoms with Crippen LogP contribution in [0.3, 0.4) is 0 Å². The first-order chi connectivity index (χ1) is 13.5. The number of primary amides is 1. The molecule has 3 rings (SSSR count). The third-order valence-electron chi connectivity index (χ3n) is 4.00. The second-order valence-electron chi connectivity index (χ2n) is 6.22. The molecule has 0 aliphatic carbocycles. The number of rotatable bonds is 6. The van der Waals surface area contributed by atoms with Gasteiger partial charge >= 0.3 is 0 Å². The molecule has 0 spiro atoms. The number of ether oxygens (including phenoxy) is 1. The van der Waals surface area contributed by atoms with Gasteiger partial charge in [0.15, 0.2) is 11.8 Å². The predicted octanol–water partition coefficient (Wildman–Crippen LogP) is 3.48. The van der Waals surface area contributed by atoms with Gasteiger partial charge in [0.25, 0.3) is 11.8 Å². The smallest absolute Gasteiger partial charge is 0.266 e. The summed E-state index contributed by atoms with van der Waals surface area (Å²) in [6.45, 7) is 4.29. The fourth-order valence-electron chi connectivity index (χ4n) is 2.60. The number of benzene rings is 2. The average molecular weight is 395 g/mol. The number of amides is 2. The molecule has 1 aliphatic heterocycles. The predicted molar refractivity (Wildman–Crippen MR) is 112 cm³/mol. The van der Waals surface area contributed by atoms with Gasteiger partial charge in [-0.3, -0.25) is 14.5 Å². The lowest BCUT2D eigenvalue weighted by Crippen LogP contribution is -2.28. The zero-order chi connectivity index (χ0) is 20.1. The normalized spacial score (nSPS) is 16.8. The van der Waals surface area contributed by atoms with Crippen molar-refractivity contribution in [1.29, 1.82) is 0 Å². The number of nitrogens with zero attached hydrogens (tertiary/aromatic N) is 2. The Hall–Kier alpha value is -3.06. The molecule has 1 saturated heterocycles. The van der Waals surface area contributed by atoms with Crippen LogP contribution in [0.25, 0.3) is 6.08 Å². The fourth-order valence-corrected chi connectivity index (χ4v) is 3.66. The number of aryl methyl sites for hydroxylation is 1. The Balaban J connectivity index is 1.84. The third-order valence-corrected chi connectivity index (χ3v) is 5.01. The standard InChI is InChI=1S/C21H21N3O3S/c1-3-24-20(26)18(28-21(24)23-16-9-7-14(2)8-10-16)12-15-5-4-6-17(11-15)27-13-19(22)25/h4-12H,3,13H2,1-2H3,(H2,22,25)/b18-12+,23-21?. The number of nitrogens with two attached hydrogens (primary N) is 1. The maximum absolute atomic E-state index is 12.8. The number of likely N-dealkylation sites (N-methyl/N-ethyl adjacent to an activating group) is 1. The van der Waals surface area contributed by atoms with E-state index in [2.05, 4.69) is 4.99 Å². The summed E-state index contributed by atoms with van der Waals surface area (Å²) >= 11 is 1.34. The molecule has 144 valence electrons. The van der Waals surface area contributed by atoms with Gasteiger partial charge in [0.05, 0.1) is 10.6 Å². The van der Waals surface area contributed by atoms with Crippen molar-refractivity contribution in [3.05, 3.63) is 64.6 Å². The molecule has 2 aromatic rings. The Bertz CT molecular complexity index is 952. The Morgan fingerprint density at radius 2 is 2.00 bits per heavy atom. The fraction of sp³-hybridized carbons (Fsp3) is 0.190. The lowest BCUT2D eigenvalue weighted by atomic mass is 10.2. The topological polar surface area (TPSA) is 85.0 Å². The largest absolute Gasteiger partial charge is 0.484 e. The molecule has 0 saturated carbocycles. The van der Waals surface area contributed by atoms with Gasteiger partial charge in [-0.15, -0.1) is 0 Å². The van der Waals surface area contributed by atoms with E-state index >= 15 is 0 Å². The van der Waals surface area contributed by atoms with Crippen molar-refractivity contribution < 1.29 is 14.3 Å². The third kappa shape index (κ3) is 4.80. The molecular formula is C21H21N3O3S. The SMILES string of the molecule is CCN1C(=O)/C(=C\c2cccc(OCC(N)=O)c2)SC1=Nc1ccc(C)cc1. The minimum absolute atomic E-state index is 0.0816. The summed E-state index contributed by atoms with van der Waals surface area (Å²) in [5.74, 6) is -0.105. The van der Waals surface area contributed by atoms with E-state index in [1.165, 1.54) is 11.8 Å². The van der Waals surface area contributed by atoms with Gasteiger partial charge in [-0.2, -0.15) is 0 Å². The Labute approximate surface area is 168 Å². The molecule has 7 heteroatoms. The number of carbonyl (C=O) groups is 2. The van der Waals surface area contributed by atoms with Crippen LogP contribution in [0.2, 0.25) is 0 Å². The second-order valence-corrected chi connectivity index (χ2v) is 7.23.